The van der Waals surface area contributed by atoms with Crippen LogP contribution in [0.3, 0.4) is 0 Å². The third kappa shape index (κ3) is 3.60. The van der Waals surface area contributed by atoms with Gasteiger partial charge in [0.2, 0.25) is 10.0 Å². The topological polar surface area (TPSA) is 49.4 Å². The summed E-state index contributed by atoms with van der Waals surface area (Å²) in [6, 6.07) is 2.53. The average Bonchev–Trinajstić information content (AvgIpc) is 2.46. The van der Waals surface area contributed by atoms with E-state index in [4.69, 9.17) is 0 Å². The van der Waals surface area contributed by atoms with Crippen molar-refractivity contribution < 1.29 is 21.6 Å². The zero-order valence-corrected chi connectivity index (χ0v) is 14.3. The van der Waals surface area contributed by atoms with Gasteiger partial charge in [-0.15, -0.1) is 0 Å². The predicted octanol–water partition coefficient (Wildman–Crippen LogP) is 2.77. The number of hydrogen-bond acceptors (Lipinski definition) is 3. The number of likely N-dealkylation sites (tertiary alicyclic amines) is 1. The summed E-state index contributed by atoms with van der Waals surface area (Å²) in [4.78, 5) is 1.88. The highest BCUT2D eigenvalue weighted by Crippen LogP contribution is 2.37. The first-order valence-electron chi connectivity index (χ1n) is 8.12. The number of halogens is 3. The van der Waals surface area contributed by atoms with E-state index >= 15 is 0 Å². The number of alkyl halides is 3. The molecule has 2 aliphatic rings. The Hall–Kier alpha value is -1.12. The van der Waals surface area contributed by atoms with Gasteiger partial charge in [-0.1, -0.05) is 6.92 Å². The standard InChI is InChI=1S/C16H21F3N2O2S/c1-11-3-2-6-21(9-11)10-12-7-14(16(17,18)19)13-4-5-20-24(22,23)15(13)8-12/h7-8,11,20H,2-6,9-10H2,1H3/t11-/m0/s1. The summed E-state index contributed by atoms with van der Waals surface area (Å²) in [5, 5.41) is 0. The van der Waals surface area contributed by atoms with Crippen molar-refractivity contribution in [3.63, 3.8) is 0 Å². The molecule has 0 unspecified atom stereocenters. The average molecular weight is 362 g/mol. The first-order chi connectivity index (χ1) is 11.2. The van der Waals surface area contributed by atoms with Gasteiger partial charge in [-0.25, -0.2) is 13.1 Å². The minimum Gasteiger partial charge on any atom is -0.299 e. The molecule has 3 rings (SSSR count). The number of fused-ring (bicyclic) bond motifs is 1. The Kier molecular flexibility index (Phi) is 4.65. The summed E-state index contributed by atoms with van der Waals surface area (Å²) < 4.78 is 66.9. The van der Waals surface area contributed by atoms with Crippen molar-refractivity contribution in [3.8, 4) is 0 Å². The fourth-order valence-electron chi connectivity index (χ4n) is 3.62. The maximum absolute atomic E-state index is 13.4. The van der Waals surface area contributed by atoms with Crippen molar-refractivity contribution >= 4 is 10.0 Å². The van der Waals surface area contributed by atoms with Crippen molar-refractivity contribution in [3.05, 3.63) is 28.8 Å². The van der Waals surface area contributed by atoms with Gasteiger partial charge in [0, 0.05) is 19.6 Å². The van der Waals surface area contributed by atoms with E-state index in [-0.39, 0.29) is 23.4 Å². The third-order valence-electron chi connectivity index (χ3n) is 4.68. The van der Waals surface area contributed by atoms with E-state index < -0.39 is 21.8 Å². The van der Waals surface area contributed by atoms with Gasteiger partial charge in [-0.2, -0.15) is 13.2 Å². The van der Waals surface area contributed by atoms with Crippen molar-refractivity contribution in [2.45, 2.75) is 43.8 Å². The minimum atomic E-state index is -4.55. The van der Waals surface area contributed by atoms with Gasteiger partial charge < -0.3 is 0 Å². The molecule has 4 nitrogen and oxygen atoms in total. The summed E-state index contributed by atoms with van der Waals surface area (Å²) in [6.45, 7) is 4.11. The number of hydrogen-bond donors (Lipinski definition) is 1. The van der Waals surface area contributed by atoms with Gasteiger partial charge in [0.05, 0.1) is 10.5 Å². The quantitative estimate of drug-likeness (QED) is 0.880. The molecule has 0 spiro atoms. The highest BCUT2D eigenvalue weighted by molar-refractivity contribution is 7.89. The molecule has 2 heterocycles. The van der Waals surface area contributed by atoms with Crippen LogP contribution in [0.25, 0.3) is 0 Å². The lowest BCUT2D eigenvalue weighted by molar-refractivity contribution is -0.138. The Morgan fingerprint density at radius 2 is 2.08 bits per heavy atom. The van der Waals surface area contributed by atoms with Crippen LogP contribution in [-0.4, -0.2) is 33.0 Å². The molecule has 1 fully saturated rings. The molecule has 0 saturated carbocycles. The molecule has 0 radical (unpaired) electrons. The monoisotopic (exact) mass is 362 g/mol. The molecule has 2 aliphatic heterocycles. The molecule has 0 aromatic heterocycles. The highest BCUT2D eigenvalue weighted by atomic mass is 32.2. The van der Waals surface area contributed by atoms with Gasteiger partial charge in [-0.3, -0.25) is 4.90 Å². The fourth-order valence-corrected chi connectivity index (χ4v) is 4.99. The van der Waals surface area contributed by atoms with Crippen LogP contribution >= 0.6 is 0 Å². The van der Waals surface area contributed by atoms with Crippen molar-refractivity contribution in [2.24, 2.45) is 5.92 Å². The molecular weight excluding hydrogens is 341 g/mol. The highest BCUT2D eigenvalue weighted by Gasteiger charge is 2.38. The van der Waals surface area contributed by atoms with Crippen LogP contribution in [0.1, 0.15) is 36.5 Å². The van der Waals surface area contributed by atoms with Gasteiger partial charge in [0.15, 0.2) is 0 Å². The molecule has 1 saturated heterocycles. The Balaban J connectivity index is 2.01. The van der Waals surface area contributed by atoms with Gasteiger partial charge >= 0.3 is 6.18 Å². The summed E-state index contributed by atoms with van der Waals surface area (Å²) in [6.07, 6.45) is -2.36. The Morgan fingerprint density at radius 1 is 1.33 bits per heavy atom. The molecule has 8 heteroatoms. The van der Waals surface area contributed by atoms with E-state index in [1.54, 1.807) is 0 Å². The van der Waals surface area contributed by atoms with Crippen LogP contribution in [0.4, 0.5) is 13.2 Å². The number of benzene rings is 1. The van der Waals surface area contributed by atoms with Crippen LogP contribution < -0.4 is 4.72 Å². The fraction of sp³-hybridized carbons (Fsp3) is 0.625. The minimum absolute atomic E-state index is 0.00139. The summed E-state index contributed by atoms with van der Waals surface area (Å²) in [5.41, 5.74) is -0.524. The Morgan fingerprint density at radius 3 is 2.75 bits per heavy atom. The smallest absolute Gasteiger partial charge is 0.299 e. The second-order valence-corrected chi connectivity index (χ2v) is 8.48. The number of rotatable bonds is 2. The molecule has 0 amide bonds. The lowest BCUT2D eigenvalue weighted by atomic mass is 9.97. The molecule has 1 aromatic carbocycles. The summed E-state index contributed by atoms with van der Waals surface area (Å²) in [7, 11) is -3.87. The Bertz CT molecular complexity index is 732. The number of nitrogens with one attached hydrogen (secondary N) is 1. The lowest BCUT2D eigenvalue weighted by Crippen LogP contribution is -2.35. The van der Waals surface area contributed by atoms with Crippen LogP contribution in [-0.2, 0) is 29.2 Å². The summed E-state index contributed by atoms with van der Waals surface area (Å²) >= 11 is 0. The van der Waals surface area contributed by atoms with Gasteiger partial charge in [-0.05, 0) is 55.0 Å². The molecule has 1 N–H and O–H groups in total. The maximum Gasteiger partial charge on any atom is 0.416 e. The maximum atomic E-state index is 13.4. The molecule has 1 aromatic rings. The molecular formula is C16H21F3N2O2S. The SMILES string of the molecule is C[C@H]1CCCN(Cc2cc(C(F)(F)F)c3c(c2)S(=O)(=O)NCC3)C1. The van der Waals surface area contributed by atoms with Crippen molar-refractivity contribution in [1.29, 1.82) is 0 Å². The number of piperidine rings is 1. The second kappa shape index (κ2) is 6.31. The van der Waals surface area contributed by atoms with E-state index in [2.05, 4.69) is 16.5 Å². The van der Waals surface area contributed by atoms with E-state index in [1.807, 2.05) is 0 Å². The molecule has 134 valence electrons. The Labute approximate surface area is 140 Å². The van der Waals surface area contributed by atoms with E-state index in [0.717, 1.165) is 32.0 Å². The molecule has 0 aliphatic carbocycles. The lowest BCUT2D eigenvalue weighted by Gasteiger charge is -2.31. The zero-order chi connectivity index (χ0) is 17.5. The number of nitrogens with zero attached hydrogens (tertiary/aromatic N) is 1. The molecule has 0 bridgehead atoms. The third-order valence-corrected chi connectivity index (χ3v) is 6.21. The van der Waals surface area contributed by atoms with Crippen LogP contribution in [0.15, 0.2) is 17.0 Å². The van der Waals surface area contributed by atoms with E-state index in [1.165, 1.54) is 6.07 Å². The van der Waals surface area contributed by atoms with E-state index in [0.29, 0.717) is 18.0 Å². The summed E-state index contributed by atoms with van der Waals surface area (Å²) in [5.74, 6) is 0.504. The zero-order valence-electron chi connectivity index (χ0n) is 13.5. The number of sulfonamides is 1. The normalized spacial score (nSPS) is 24.6. The van der Waals surface area contributed by atoms with Gasteiger partial charge in [0.1, 0.15) is 0 Å². The van der Waals surface area contributed by atoms with Crippen LogP contribution in [0, 0.1) is 5.92 Å². The van der Waals surface area contributed by atoms with E-state index in [9.17, 15) is 21.6 Å². The first-order valence-corrected chi connectivity index (χ1v) is 9.60. The van der Waals surface area contributed by atoms with Gasteiger partial charge in [0.25, 0.3) is 0 Å². The largest absolute Gasteiger partial charge is 0.416 e. The second-order valence-electron chi connectivity index (χ2n) is 6.75. The van der Waals surface area contributed by atoms with Crippen LogP contribution in [0.2, 0.25) is 0 Å². The van der Waals surface area contributed by atoms with Crippen LogP contribution in [0.5, 0.6) is 0 Å². The predicted molar refractivity (Wildman–Crippen MR) is 84.0 cm³/mol. The van der Waals surface area contributed by atoms with Crippen molar-refractivity contribution in [2.75, 3.05) is 19.6 Å². The molecule has 24 heavy (non-hydrogen) atoms. The van der Waals surface area contributed by atoms with Crippen molar-refractivity contribution in [1.82, 2.24) is 9.62 Å². The first kappa shape index (κ1) is 17.7. The molecule has 1 atom stereocenters.